The second kappa shape index (κ2) is 8.72. The van der Waals surface area contributed by atoms with Crippen LogP contribution < -0.4 is 56.7 Å². The standard InChI is InChI=1S/C18H21Cl2N2O.K/c19-14-2-1-12(9-15(14)20)22-10-13-16-3-4-17(23-16)18(13)11-5-7-21-8-6-11;/h1-2,5,9,13,16-18,21H,3-4,6-8,10H2;/q-1;+1/t13-,16?,17?,18?;/m0./s1. The van der Waals surface area contributed by atoms with Gasteiger partial charge in [-0.05, 0) is 37.8 Å². The van der Waals surface area contributed by atoms with Crippen molar-refractivity contribution in [3.63, 3.8) is 0 Å². The molecule has 0 radical (unpaired) electrons. The summed E-state index contributed by atoms with van der Waals surface area (Å²) in [5, 5.41) is 9.33. The Morgan fingerprint density at radius 1 is 1.17 bits per heavy atom. The van der Waals surface area contributed by atoms with Gasteiger partial charge in [-0.3, -0.25) is 0 Å². The number of fused-ring (bicyclic) bond motifs is 2. The van der Waals surface area contributed by atoms with Crippen molar-refractivity contribution in [1.29, 1.82) is 0 Å². The third-order valence-corrected chi connectivity index (χ3v) is 6.08. The monoisotopic (exact) mass is 390 g/mol. The summed E-state index contributed by atoms with van der Waals surface area (Å²) in [6.45, 7) is 2.87. The fraction of sp³-hybridized carbons (Fsp3) is 0.556. The maximum absolute atomic E-state index is 6.21. The van der Waals surface area contributed by atoms with Crippen molar-refractivity contribution >= 4 is 28.9 Å². The molecule has 124 valence electrons. The van der Waals surface area contributed by atoms with Gasteiger partial charge >= 0.3 is 51.4 Å². The van der Waals surface area contributed by atoms with Crippen LogP contribution in [0.4, 0.5) is 5.69 Å². The fourth-order valence-electron chi connectivity index (χ4n) is 4.26. The van der Waals surface area contributed by atoms with Crippen LogP contribution in [-0.2, 0) is 4.74 Å². The van der Waals surface area contributed by atoms with E-state index in [1.165, 1.54) is 12.8 Å². The summed E-state index contributed by atoms with van der Waals surface area (Å²) in [6.07, 6.45) is 6.65. The fourth-order valence-corrected chi connectivity index (χ4v) is 4.55. The Hall–Kier alpha value is 0.896. The molecule has 3 unspecified atom stereocenters. The molecular formula is C18H21Cl2KN2O. The molecule has 4 rings (SSSR count). The summed E-state index contributed by atoms with van der Waals surface area (Å²) >= 11 is 12.1. The molecule has 6 heteroatoms. The van der Waals surface area contributed by atoms with E-state index in [0.717, 1.165) is 31.7 Å². The summed E-state index contributed by atoms with van der Waals surface area (Å²) in [7, 11) is 0. The summed E-state index contributed by atoms with van der Waals surface area (Å²) < 4.78 is 6.21. The second-order valence-corrected chi connectivity index (χ2v) is 7.47. The zero-order chi connectivity index (χ0) is 15.8. The van der Waals surface area contributed by atoms with Gasteiger partial charge in [-0.15, -0.1) is 12.2 Å². The normalized spacial score (nSPS) is 31.5. The summed E-state index contributed by atoms with van der Waals surface area (Å²) in [4.78, 5) is 0. The van der Waals surface area contributed by atoms with Crippen molar-refractivity contribution < 1.29 is 56.1 Å². The van der Waals surface area contributed by atoms with E-state index >= 15 is 0 Å². The average molecular weight is 391 g/mol. The van der Waals surface area contributed by atoms with Gasteiger partial charge in [0.15, 0.2) is 0 Å². The van der Waals surface area contributed by atoms with E-state index < -0.39 is 0 Å². The molecule has 4 atom stereocenters. The molecule has 0 saturated carbocycles. The quantitative estimate of drug-likeness (QED) is 0.627. The summed E-state index contributed by atoms with van der Waals surface area (Å²) in [5.41, 5.74) is 2.48. The van der Waals surface area contributed by atoms with Crippen molar-refractivity contribution in [3.8, 4) is 0 Å². The average Bonchev–Trinajstić information content (AvgIpc) is 3.18. The third-order valence-electron chi connectivity index (χ3n) is 5.34. The molecule has 24 heavy (non-hydrogen) atoms. The predicted molar refractivity (Wildman–Crippen MR) is 94.8 cm³/mol. The minimum Gasteiger partial charge on any atom is -0.684 e. The van der Waals surface area contributed by atoms with Gasteiger partial charge in [0.25, 0.3) is 0 Å². The van der Waals surface area contributed by atoms with E-state index in [-0.39, 0.29) is 51.4 Å². The molecule has 2 bridgehead atoms. The first-order chi connectivity index (χ1) is 11.2. The molecule has 1 aromatic rings. The number of hydrogen-bond donors (Lipinski definition) is 1. The van der Waals surface area contributed by atoms with Crippen molar-refractivity contribution in [1.82, 2.24) is 5.32 Å². The van der Waals surface area contributed by atoms with Crippen LogP contribution in [0.1, 0.15) is 19.3 Å². The molecule has 3 aliphatic heterocycles. The number of hydrogen-bond acceptors (Lipinski definition) is 2. The number of nitrogens with zero attached hydrogens (tertiary/aromatic N) is 1. The van der Waals surface area contributed by atoms with Crippen LogP contribution in [0, 0.1) is 11.8 Å². The Labute approximate surface area is 196 Å². The molecule has 2 fully saturated rings. The van der Waals surface area contributed by atoms with Crippen molar-refractivity contribution in [3.05, 3.63) is 45.2 Å². The zero-order valence-corrected chi connectivity index (χ0v) is 18.6. The van der Waals surface area contributed by atoms with Crippen molar-refractivity contribution in [2.75, 3.05) is 19.6 Å². The molecule has 3 nitrogen and oxygen atoms in total. The molecule has 0 aromatic heterocycles. The second-order valence-electron chi connectivity index (χ2n) is 6.65. The first kappa shape index (κ1) is 19.7. The number of ether oxygens (including phenoxy) is 1. The Bertz CT molecular complexity index is 625. The summed E-state index contributed by atoms with van der Waals surface area (Å²) in [6, 6.07) is 5.59. The molecule has 0 aliphatic carbocycles. The zero-order valence-electron chi connectivity index (χ0n) is 14.0. The largest absolute Gasteiger partial charge is 1.00 e. The van der Waals surface area contributed by atoms with Crippen molar-refractivity contribution in [2.45, 2.75) is 31.5 Å². The molecule has 0 spiro atoms. The Morgan fingerprint density at radius 2 is 2.00 bits per heavy atom. The van der Waals surface area contributed by atoms with E-state index in [1.54, 1.807) is 5.57 Å². The molecule has 0 amide bonds. The van der Waals surface area contributed by atoms with Crippen LogP contribution in [-0.4, -0.2) is 31.8 Å². The summed E-state index contributed by atoms with van der Waals surface area (Å²) in [5.74, 6) is 1.04. The molecular weight excluding hydrogens is 370 g/mol. The van der Waals surface area contributed by atoms with Gasteiger partial charge in [0.05, 0.1) is 22.3 Å². The van der Waals surface area contributed by atoms with Crippen LogP contribution in [0.3, 0.4) is 0 Å². The van der Waals surface area contributed by atoms with Gasteiger partial charge in [-0.25, -0.2) is 0 Å². The Balaban J connectivity index is 0.00000169. The number of halogens is 2. The van der Waals surface area contributed by atoms with Crippen LogP contribution in [0.5, 0.6) is 0 Å². The molecule has 1 N–H and O–H groups in total. The SMILES string of the molecule is Clc1ccc([N-]C[C@H]2C3CCC(O3)C2C2=CCNCC2)cc1Cl.[K+]. The third kappa shape index (κ3) is 4.08. The number of benzene rings is 1. The van der Waals surface area contributed by atoms with Gasteiger partial charge in [0.1, 0.15) is 0 Å². The molecule has 2 saturated heterocycles. The van der Waals surface area contributed by atoms with Gasteiger partial charge in [-0.2, -0.15) is 0 Å². The first-order valence-corrected chi connectivity index (χ1v) is 9.15. The minimum absolute atomic E-state index is 0. The number of nitrogens with one attached hydrogen (secondary N) is 1. The molecule has 3 heterocycles. The van der Waals surface area contributed by atoms with Gasteiger partial charge in [0, 0.05) is 12.5 Å². The smallest absolute Gasteiger partial charge is 0.684 e. The Kier molecular flexibility index (Phi) is 7.14. The van der Waals surface area contributed by atoms with Gasteiger partial charge < -0.3 is 15.4 Å². The van der Waals surface area contributed by atoms with Crippen LogP contribution >= 0.6 is 23.2 Å². The Morgan fingerprint density at radius 3 is 2.75 bits per heavy atom. The van der Waals surface area contributed by atoms with E-state index in [1.807, 2.05) is 18.2 Å². The predicted octanol–water partition coefficient (Wildman–Crippen LogP) is 1.72. The van der Waals surface area contributed by atoms with Crippen molar-refractivity contribution in [2.24, 2.45) is 11.8 Å². The van der Waals surface area contributed by atoms with E-state index in [9.17, 15) is 0 Å². The van der Waals surface area contributed by atoms with Crippen LogP contribution in [0.2, 0.25) is 10.0 Å². The van der Waals surface area contributed by atoms with Gasteiger partial charge in [0.2, 0.25) is 0 Å². The maximum atomic E-state index is 6.21. The van der Waals surface area contributed by atoms with Gasteiger partial charge in [-0.1, -0.05) is 47.0 Å². The number of rotatable bonds is 4. The maximum Gasteiger partial charge on any atom is 1.00 e. The topological polar surface area (TPSA) is 35.4 Å². The van der Waals surface area contributed by atoms with Crippen LogP contribution in [0.15, 0.2) is 29.8 Å². The van der Waals surface area contributed by atoms with Crippen LogP contribution in [0.25, 0.3) is 5.32 Å². The molecule has 3 aliphatic rings. The first-order valence-electron chi connectivity index (χ1n) is 8.40. The van der Waals surface area contributed by atoms with E-state index in [2.05, 4.69) is 11.4 Å². The van der Waals surface area contributed by atoms with E-state index in [4.69, 9.17) is 33.3 Å². The molecule has 1 aromatic carbocycles. The van der Waals surface area contributed by atoms with E-state index in [0.29, 0.717) is 34.1 Å². The minimum atomic E-state index is 0.